The van der Waals surface area contributed by atoms with Crippen LogP contribution >= 0.6 is 0 Å². The second kappa shape index (κ2) is 6.45. The molecule has 0 spiro atoms. The van der Waals surface area contributed by atoms with Crippen molar-refractivity contribution in [2.45, 2.75) is 76.0 Å². The maximum absolute atomic E-state index is 13.1. The molecule has 2 aliphatic carbocycles. The number of nitrogens with two attached hydrogens (primary N) is 1. The summed E-state index contributed by atoms with van der Waals surface area (Å²) in [6.07, 6.45) is 2.40. The first kappa shape index (κ1) is 17.1. The average molecular weight is 306 g/mol. The number of likely N-dealkylation sites (N-methyl/N-ethyl adjacent to an activating group) is 1. The Bertz CT molecular complexity index is 345. The zero-order chi connectivity index (χ0) is 15.7. The van der Waals surface area contributed by atoms with Crippen LogP contribution in [0.4, 0.5) is 13.2 Å². The summed E-state index contributed by atoms with van der Waals surface area (Å²) in [6, 6.07) is 0.393. The predicted octanol–water partition coefficient (Wildman–Crippen LogP) is 3.95. The Balaban J connectivity index is 2.12. The summed E-state index contributed by atoms with van der Waals surface area (Å²) in [4.78, 5) is 2.22. The van der Waals surface area contributed by atoms with Gasteiger partial charge in [-0.25, -0.2) is 0 Å². The standard InChI is InChI=1S/C16H29F3N2/c1-12-5-3-7-14(9-12)21(2)15(11-20)8-4-6-13(10-15)16(17,18)19/h12-14H,3-11,20H2,1-2H3. The van der Waals surface area contributed by atoms with Gasteiger partial charge in [-0.05, 0) is 45.1 Å². The lowest BCUT2D eigenvalue weighted by atomic mass is 9.72. The Morgan fingerprint density at radius 2 is 1.90 bits per heavy atom. The van der Waals surface area contributed by atoms with Crippen LogP contribution in [-0.4, -0.2) is 36.2 Å². The van der Waals surface area contributed by atoms with Gasteiger partial charge in [-0.2, -0.15) is 13.2 Å². The molecular weight excluding hydrogens is 277 g/mol. The lowest BCUT2D eigenvalue weighted by Gasteiger charge is -2.51. The Morgan fingerprint density at radius 1 is 1.19 bits per heavy atom. The molecule has 0 bridgehead atoms. The summed E-state index contributed by atoms with van der Waals surface area (Å²) >= 11 is 0. The fourth-order valence-electron chi connectivity index (χ4n) is 4.41. The molecule has 0 aliphatic heterocycles. The highest BCUT2D eigenvalue weighted by atomic mass is 19.4. The Kier molecular flexibility index (Phi) is 5.24. The molecule has 0 radical (unpaired) electrons. The number of halogens is 3. The van der Waals surface area contributed by atoms with E-state index in [2.05, 4.69) is 11.8 Å². The van der Waals surface area contributed by atoms with E-state index < -0.39 is 17.6 Å². The number of hydrogen-bond acceptors (Lipinski definition) is 2. The maximum Gasteiger partial charge on any atom is 0.391 e. The monoisotopic (exact) mass is 306 g/mol. The number of nitrogens with zero attached hydrogens (tertiary/aromatic N) is 1. The van der Waals surface area contributed by atoms with E-state index >= 15 is 0 Å². The van der Waals surface area contributed by atoms with Gasteiger partial charge in [0.25, 0.3) is 0 Å². The fraction of sp³-hybridized carbons (Fsp3) is 1.00. The van der Waals surface area contributed by atoms with Gasteiger partial charge in [0.15, 0.2) is 0 Å². The van der Waals surface area contributed by atoms with Gasteiger partial charge in [0.05, 0.1) is 5.92 Å². The zero-order valence-electron chi connectivity index (χ0n) is 13.3. The third-order valence-corrected chi connectivity index (χ3v) is 5.87. The molecule has 0 aromatic rings. The second-order valence-corrected chi connectivity index (χ2v) is 7.30. The molecule has 2 aliphatic rings. The first-order valence-corrected chi connectivity index (χ1v) is 8.28. The second-order valence-electron chi connectivity index (χ2n) is 7.30. The number of hydrogen-bond donors (Lipinski definition) is 1. The molecule has 4 unspecified atom stereocenters. The van der Waals surface area contributed by atoms with Crippen molar-refractivity contribution < 1.29 is 13.2 Å². The van der Waals surface area contributed by atoms with E-state index in [4.69, 9.17) is 5.73 Å². The molecule has 2 fully saturated rings. The van der Waals surface area contributed by atoms with Gasteiger partial charge in [-0.3, -0.25) is 4.90 Å². The predicted molar refractivity (Wildman–Crippen MR) is 79.0 cm³/mol. The molecule has 0 aromatic heterocycles. The number of alkyl halides is 3. The summed E-state index contributed by atoms with van der Waals surface area (Å²) in [6.45, 7) is 2.58. The summed E-state index contributed by atoms with van der Waals surface area (Å²) in [5.41, 5.74) is 5.52. The minimum absolute atomic E-state index is 0.175. The normalized spacial score (nSPS) is 38.7. The summed E-state index contributed by atoms with van der Waals surface area (Å²) in [7, 11) is 2.01. The van der Waals surface area contributed by atoms with E-state index in [1.807, 2.05) is 7.05 Å². The first-order chi connectivity index (χ1) is 9.78. The highest BCUT2D eigenvalue weighted by Gasteiger charge is 2.49. The van der Waals surface area contributed by atoms with E-state index in [1.165, 1.54) is 12.8 Å². The minimum atomic E-state index is -4.08. The molecule has 2 rings (SSSR count). The van der Waals surface area contributed by atoms with Gasteiger partial charge in [0, 0.05) is 18.1 Å². The summed E-state index contributed by atoms with van der Waals surface area (Å²) in [5, 5.41) is 0. The van der Waals surface area contributed by atoms with E-state index in [-0.39, 0.29) is 12.8 Å². The van der Waals surface area contributed by atoms with Crippen LogP contribution in [0.3, 0.4) is 0 Å². The number of rotatable bonds is 3. The molecule has 0 aromatic carbocycles. The molecule has 2 nitrogen and oxygen atoms in total. The molecule has 21 heavy (non-hydrogen) atoms. The smallest absolute Gasteiger partial charge is 0.329 e. The maximum atomic E-state index is 13.1. The van der Waals surface area contributed by atoms with Gasteiger partial charge in [0.2, 0.25) is 0 Å². The zero-order valence-corrected chi connectivity index (χ0v) is 13.3. The molecule has 124 valence electrons. The Morgan fingerprint density at radius 3 is 2.48 bits per heavy atom. The van der Waals surface area contributed by atoms with Gasteiger partial charge in [0.1, 0.15) is 0 Å². The van der Waals surface area contributed by atoms with Crippen molar-refractivity contribution in [3.05, 3.63) is 0 Å². The van der Waals surface area contributed by atoms with E-state index in [9.17, 15) is 13.2 Å². The average Bonchev–Trinajstić information content (AvgIpc) is 2.45. The third-order valence-electron chi connectivity index (χ3n) is 5.87. The first-order valence-electron chi connectivity index (χ1n) is 8.28. The highest BCUT2D eigenvalue weighted by Crippen LogP contribution is 2.45. The van der Waals surface area contributed by atoms with Crippen molar-refractivity contribution in [1.29, 1.82) is 0 Å². The lowest BCUT2D eigenvalue weighted by Crippen LogP contribution is -2.59. The van der Waals surface area contributed by atoms with Crippen LogP contribution in [0.25, 0.3) is 0 Å². The molecular formula is C16H29F3N2. The lowest BCUT2D eigenvalue weighted by molar-refractivity contribution is -0.194. The van der Waals surface area contributed by atoms with Crippen LogP contribution in [0.15, 0.2) is 0 Å². The van der Waals surface area contributed by atoms with Gasteiger partial charge in [-0.15, -0.1) is 0 Å². The van der Waals surface area contributed by atoms with Crippen molar-refractivity contribution in [3.8, 4) is 0 Å². The van der Waals surface area contributed by atoms with Crippen molar-refractivity contribution in [3.63, 3.8) is 0 Å². The van der Waals surface area contributed by atoms with Gasteiger partial charge in [-0.1, -0.05) is 26.2 Å². The molecule has 2 saturated carbocycles. The van der Waals surface area contributed by atoms with Crippen LogP contribution in [0.2, 0.25) is 0 Å². The van der Waals surface area contributed by atoms with E-state index in [1.54, 1.807) is 0 Å². The van der Waals surface area contributed by atoms with Crippen LogP contribution in [0, 0.1) is 11.8 Å². The molecule has 0 amide bonds. The van der Waals surface area contributed by atoms with Gasteiger partial charge >= 0.3 is 6.18 Å². The third kappa shape index (κ3) is 3.73. The minimum Gasteiger partial charge on any atom is -0.329 e. The van der Waals surface area contributed by atoms with E-state index in [0.717, 1.165) is 19.3 Å². The van der Waals surface area contributed by atoms with Crippen molar-refractivity contribution >= 4 is 0 Å². The molecule has 2 N–H and O–H groups in total. The molecule has 4 atom stereocenters. The Hall–Kier alpha value is -0.290. The van der Waals surface area contributed by atoms with Crippen LogP contribution in [-0.2, 0) is 0 Å². The SMILES string of the molecule is CC1CCCC(N(C)C2(CN)CCCC(C(F)(F)F)C2)C1. The van der Waals surface area contributed by atoms with Crippen molar-refractivity contribution in [1.82, 2.24) is 4.90 Å². The van der Waals surface area contributed by atoms with Crippen molar-refractivity contribution in [2.24, 2.45) is 17.6 Å². The van der Waals surface area contributed by atoms with Crippen LogP contribution < -0.4 is 5.73 Å². The van der Waals surface area contributed by atoms with Crippen LogP contribution in [0.1, 0.15) is 58.3 Å². The van der Waals surface area contributed by atoms with Crippen LogP contribution in [0.5, 0.6) is 0 Å². The summed E-state index contributed by atoms with van der Waals surface area (Å²) in [5.74, 6) is -0.513. The molecule has 0 saturated heterocycles. The topological polar surface area (TPSA) is 29.3 Å². The Labute approximate surface area is 126 Å². The van der Waals surface area contributed by atoms with Gasteiger partial charge < -0.3 is 5.73 Å². The van der Waals surface area contributed by atoms with E-state index in [0.29, 0.717) is 24.9 Å². The summed E-state index contributed by atoms with van der Waals surface area (Å²) < 4.78 is 39.4. The van der Waals surface area contributed by atoms with Crippen molar-refractivity contribution in [2.75, 3.05) is 13.6 Å². The fourth-order valence-corrected chi connectivity index (χ4v) is 4.41. The highest BCUT2D eigenvalue weighted by molar-refractivity contribution is 4.99. The molecule has 5 heteroatoms. The largest absolute Gasteiger partial charge is 0.391 e. The quantitative estimate of drug-likeness (QED) is 0.855. The molecule has 0 heterocycles.